The van der Waals surface area contributed by atoms with Crippen molar-refractivity contribution < 1.29 is 9.13 Å². The molecule has 1 aliphatic carbocycles. The van der Waals surface area contributed by atoms with E-state index in [1.165, 1.54) is 6.42 Å². The van der Waals surface area contributed by atoms with Gasteiger partial charge in [0.25, 0.3) is 0 Å². The van der Waals surface area contributed by atoms with E-state index >= 15 is 0 Å². The Bertz CT molecular complexity index is 363. The first-order chi connectivity index (χ1) is 8.28. The number of rotatable bonds is 6. The van der Waals surface area contributed by atoms with Crippen LogP contribution in [-0.4, -0.2) is 26.8 Å². The Kier molecular flexibility index (Phi) is 4.13. The SMILES string of the molecule is COCCNCC1(c2ccccc2F)CCC1. The van der Waals surface area contributed by atoms with Crippen LogP contribution in [0.3, 0.4) is 0 Å². The van der Waals surface area contributed by atoms with Gasteiger partial charge in [-0.1, -0.05) is 24.6 Å². The maximum Gasteiger partial charge on any atom is 0.127 e. The summed E-state index contributed by atoms with van der Waals surface area (Å²) in [7, 11) is 1.69. The molecule has 94 valence electrons. The molecule has 0 atom stereocenters. The monoisotopic (exact) mass is 237 g/mol. The van der Waals surface area contributed by atoms with Gasteiger partial charge in [-0.05, 0) is 24.5 Å². The molecule has 1 aromatic rings. The van der Waals surface area contributed by atoms with Crippen LogP contribution in [-0.2, 0) is 10.2 Å². The largest absolute Gasteiger partial charge is 0.383 e. The van der Waals surface area contributed by atoms with E-state index < -0.39 is 0 Å². The second-order valence-electron chi connectivity index (χ2n) is 4.78. The smallest absolute Gasteiger partial charge is 0.127 e. The van der Waals surface area contributed by atoms with E-state index in [-0.39, 0.29) is 11.2 Å². The van der Waals surface area contributed by atoms with Gasteiger partial charge in [0.2, 0.25) is 0 Å². The lowest BCUT2D eigenvalue weighted by Crippen LogP contribution is -2.45. The molecule has 2 rings (SSSR count). The number of nitrogens with one attached hydrogen (secondary N) is 1. The molecule has 2 nitrogen and oxygen atoms in total. The summed E-state index contributed by atoms with van der Waals surface area (Å²) in [5.41, 5.74) is 0.884. The standard InChI is InChI=1S/C14H20FNO/c1-17-10-9-16-11-14(7-4-8-14)12-5-2-3-6-13(12)15/h2-3,5-6,16H,4,7-11H2,1H3. The molecule has 0 bridgehead atoms. The van der Waals surface area contributed by atoms with Crippen molar-refractivity contribution in [2.24, 2.45) is 0 Å². The van der Waals surface area contributed by atoms with E-state index in [0.29, 0.717) is 6.61 Å². The van der Waals surface area contributed by atoms with Crippen LogP contribution >= 0.6 is 0 Å². The van der Waals surface area contributed by atoms with Crippen LogP contribution in [0, 0.1) is 5.82 Å². The number of hydrogen-bond acceptors (Lipinski definition) is 2. The lowest BCUT2D eigenvalue weighted by Gasteiger charge is -2.43. The second kappa shape index (κ2) is 5.61. The van der Waals surface area contributed by atoms with Gasteiger partial charge >= 0.3 is 0 Å². The van der Waals surface area contributed by atoms with Gasteiger partial charge < -0.3 is 10.1 Å². The third-order valence-corrected chi connectivity index (χ3v) is 3.70. The van der Waals surface area contributed by atoms with Gasteiger partial charge in [0.1, 0.15) is 5.82 Å². The van der Waals surface area contributed by atoms with Crippen molar-refractivity contribution in [1.82, 2.24) is 5.32 Å². The van der Waals surface area contributed by atoms with Crippen molar-refractivity contribution >= 4 is 0 Å². The van der Waals surface area contributed by atoms with Crippen molar-refractivity contribution in [3.63, 3.8) is 0 Å². The van der Waals surface area contributed by atoms with Crippen LogP contribution in [0.25, 0.3) is 0 Å². The number of benzene rings is 1. The minimum Gasteiger partial charge on any atom is -0.383 e. The van der Waals surface area contributed by atoms with Crippen LogP contribution in [0.2, 0.25) is 0 Å². The zero-order valence-corrected chi connectivity index (χ0v) is 10.3. The number of hydrogen-bond donors (Lipinski definition) is 1. The predicted molar refractivity (Wildman–Crippen MR) is 66.7 cm³/mol. The Morgan fingerprint density at radius 3 is 2.71 bits per heavy atom. The highest BCUT2D eigenvalue weighted by Gasteiger charge is 2.39. The highest BCUT2D eigenvalue weighted by Crippen LogP contribution is 2.44. The van der Waals surface area contributed by atoms with E-state index in [2.05, 4.69) is 5.32 Å². The molecule has 0 heterocycles. The van der Waals surface area contributed by atoms with E-state index in [1.807, 2.05) is 12.1 Å². The Labute approximate surface area is 102 Å². The molecule has 1 aromatic carbocycles. The molecule has 1 N–H and O–H groups in total. The molecular weight excluding hydrogens is 217 g/mol. The van der Waals surface area contributed by atoms with Crippen molar-refractivity contribution in [2.75, 3.05) is 26.8 Å². The fraction of sp³-hybridized carbons (Fsp3) is 0.571. The van der Waals surface area contributed by atoms with Crippen LogP contribution in [0.1, 0.15) is 24.8 Å². The van der Waals surface area contributed by atoms with Crippen LogP contribution in [0.5, 0.6) is 0 Å². The molecular formula is C14H20FNO. The lowest BCUT2D eigenvalue weighted by atomic mass is 9.64. The summed E-state index contributed by atoms with van der Waals surface area (Å²) in [5, 5.41) is 3.36. The second-order valence-corrected chi connectivity index (χ2v) is 4.78. The van der Waals surface area contributed by atoms with Crippen LogP contribution < -0.4 is 5.32 Å². The zero-order chi connectivity index (χ0) is 12.1. The molecule has 0 amide bonds. The van der Waals surface area contributed by atoms with Crippen LogP contribution in [0.15, 0.2) is 24.3 Å². The fourth-order valence-corrected chi connectivity index (χ4v) is 2.54. The molecule has 0 saturated heterocycles. The highest BCUT2D eigenvalue weighted by atomic mass is 19.1. The summed E-state index contributed by atoms with van der Waals surface area (Å²) in [4.78, 5) is 0. The minimum absolute atomic E-state index is 0.0130. The highest BCUT2D eigenvalue weighted by molar-refractivity contribution is 5.30. The molecule has 0 aliphatic heterocycles. The normalized spacial score (nSPS) is 17.8. The summed E-state index contributed by atoms with van der Waals surface area (Å²) in [5.74, 6) is -0.0688. The molecule has 0 unspecified atom stereocenters. The van der Waals surface area contributed by atoms with Crippen molar-refractivity contribution in [1.29, 1.82) is 0 Å². The molecule has 0 radical (unpaired) electrons. The number of methoxy groups -OCH3 is 1. The topological polar surface area (TPSA) is 21.3 Å². The van der Waals surface area contributed by atoms with Gasteiger partial charge in [0.05, 0.1) is 6.61 Å². The molecule has 1 fully saturated rings. The number of ether oxygens (including phenoxy) is 1. The molecule has 1 aliphatic rings. The number of halogens is 1. The molecule has 0 aromatic heterocycles. The maximum absolute atomic E-state index is 13.8. The zero-order valence-electron chi connectivity index (χ0n) is 10.3. The van der Waals surface area contributed by atoms with Crippen molar-refractivity contribution in [3.05, 3.63) is 35.6 Å². The van der Waals surface area contributed by atoms with Gasteiger partial charge in [0, 0.05) is 25.6 Å². The first kappa shape index (κ1) is 12.5. The third kappa shape index (κ3) is 2.67. The molecule has 17 heavy (non-hydrogen) atoms. The Hall–Kier alpha value is -0.930. The summed E-state index contributed by atoms with van der Waals surface area (Å²) < 4.78 is 18.8. The minimum atomic E-state index is -0.0688. The summed E-state index contributed by atoms with van der Waals surface area (Å²) in [6, 6.07) is 7.16. The quantitative estimate of drug-likeness (QED) is 0.767. The third-order valence-electron chi connectivity index (χ3n) is 3.70. The average molecular weight is 237 g/mol. The summed E-state index contributed by atoms with van der Waals surface area (Å²) in [6.45, 7) is 2.37. The van der Waals surface area contributed by atoms with Gasteiger partial charge in [0.15, 0.2) is 0 Å². The lowest BCUT2D eigenvalue weighted by molar-refractivity contribution is 0.183. The fourth-order valence-electron chi connectivity index (χ4n) is 2.54. The Morgan fingerprint density at radius 1 is 1.35 bits per heavy atom. The molecule has 0 spiro atoms. The Morgan fingerprint density at radius 2 is 2.12 bits per heavy atom. The van der Waals surface area contributed by atoms with Crippen LogP contribution in [0.4, 0.5) is 4.39 Å². The van der Waals surface area contributed by atoms with Crippen molar-refractivity contribution in [3.8, 4) is 0 Å². The van der Waals surface area contributed by atoms with E-state index in [1.54, 1.807) is 19.2 Å². The van der Waals surface area contributed by atoms with E-state index in [9.17, 15) is 4.39 Å². The maximum atomic E-state index is 13.8. The molecule has 1 saturated carbocycles. The van der Waals surface area contributed by atoms with Gasteiger partial charge in [-0.25, -0.2) is 4.39 Å². The van der Waals surface area contributed by atoms with Gasteiger partial charge in [-0.3, -0.25) is 0 Å². The first-order valence-corrected chi connectivity index (χ1v) is 6.23. The predicted octanol–water partition coefficient (Wildman–Crippen LogP) is 2.48. The van der Waals surface area contributed by atoms with Gasteiger partial charge in [-0.2, -0.15) is 0 Å². The summed E-state index contributed by atoms with van der Waals surface area (Å²) in [6.07, 6.45) is 3.35. The van der Waals surface area contributed by atoms with Gasteiger partial charge in [-0.15, -0.1) is 0 Å². The summed E-state index contributed by atoms with van der Waals surface area (Å²) >= 11 is 0. The van der Waals surface area contributed by atoms with E-state index in [4.69, 9.17) is 4.74 Å². The Balaban J connectivity index is 2.02. The average Bonchev–Trinajstić information content (AvgIpc) is 2.29. The van der Waals surface area contributed by atoms with Crippen molar-refractivity contribution in [2.45, 2.75) is 24.7 Å². The van der Waals surface area contributed by atoms with E-state index in [0.717, 1.165) is 31.5 Å². The molecule has 3 heteroatoms. The first-order valence-electron chi connectivity index (χ1n) is 6.23.